The van der Waals surface area contributed by atoms with Crippen LogP contribution in [0.4, 0.5) is 11.4 Å². The van der Waals surface area contributed by atoms with Crippen molar-refractivity contribution >= 4 is 17.3 Å². The molecule has 0 radical (unpaired) electrons. The summed E-state index contributed by atoms with van der Waals surface area (Å²) < 4.78 is 11.0. The van der Waals surface area contributed by atoms with Crippen molar-refractivity contribution in [2.45, 2.75) is 13.8 Å². The van der Waals surface area contributed by atoms with E-state index in [1.807, 2.05) is 38.1 Å². The van der Waals surface area contributed by atoms with E-state index >= 15 is 0 Å². The summed E-state index contributed by atoms with van der Waals surface area (Å²) >= 11 is 0. The Bertz CT molecular complexity index is 728. The smallest absolute Gasteiger partial charge is 0.243 e. The molecule has 2 aromatic carbocycles. The van der Waals surface area contributed by atoms with Crippen LogP contribution in [0.2, 0.25) is 0 Å². The van der Waals surface area contributed by atoms with Crippen LogP contribution in [-0.2, 0) is 4.79 Å². The quantitative estimate of drug-likeness (QED) is 0.910. The molecule has 23 heavy (non-hydrogen) atoms. The Labute approximate surface area is 135 Å². The highest BCUT2D eigenvalue weighted by Gasteiger charge is 2.12. The number of hydrogen-bond donors (Lipinski definition) is 2. The molecule has 0 aromatic heterocycles. The molecule has 0 fully saturated rings. The number of ether oxygens (including phenoxy) is 2. The van der Waals surface area contributed by atoms with Crippen molar-refractivity contribution in [1.82, 2.24) is 0 Å². The Morgan fingerprint density at radius 1 is 1.04 bits per heavy atom. The second-order valence-corrected chi connectivity index (χ2v) is 5.58. The molecule has 3 rings (SSSR count). The normalized spacial score (nSPS) is 12.6. The number of amides is 1. The van der Waals surface area contributed by atoms with Crippen LogP contribution in [-0.4, -0.2) is 25.7 Å². The maximum Gasteiger partial charge on any atom is 0.243 e. The summed E-state index contributed by atoms with van der Waals surface area (Å²) in [5.74, 6) is 1.27. The predicted octanol–water partition coefficient (Wildman–Crippen LogP) is 3.13. The lowest BCUT2D eigenvalue weighted by Crippen LogP contribution is -2.22. The van der Waals surface area contributed by atoms with Gasteiger partial charge in [0, 0.05) is 17.4 Å². The highest BCUT2D eigenvalue weighted by molar-refractivity contribution is 5.94. The SMILES string of the molecule is Cc1ccc(C)c(NCC(=O)Nc2ccc3c(c2)OCCO3)c1. The second kappa shape index (κ2) is 6.60. The van der Waals surface area contributed by atoms with Crippen LogP contribution in [0.15, 0.2) is 36.4 Å². The highest BCUT2D eigenvalue weighted by Crippen LogP contribution is 2.32. The van der Waals surface area contributed by atoms with E-state index in [2.05, 4.69) is 16.7 Å². The summed E-state index contributed by atoms with van der Waals surface area (Å²) in [6, 6.07) is 11.5. The van der Waals surface area contributed by atoms with Crippen LogP contribution in [0.1, 0.15) is 11.1 Å². The van der Waals surface area contributed by atoms with Gasteiger partial charge < -0.3 is 20.1 Å². The summed E-state index contributed by atoms with van der Waals surface area (Å²) in [5, 5.41) is 6.03. The molecule has 0 spiro atoms. The summed E-state index contributed by atoms with van der Waals surface area (Å²) in [6.07, 6.45) is 0. The molecule has 0 saturated carbocycles. The lowest BCUT2D eigenvalue weighted by Gasteiger charge is -2.19. The van der Waals surface area contributed by atoms with Gasteiger partial charge >= 0.3 is 0 Å². The second-order valence-electron chi connectivity index (χ2n) is 5.58. The molecule has 0 bridgehead atoms. The van der Waals surface area contributed by atoms with Gasteiger partial charge in [-0.3, -0.25) is 4.79 Å². The molecule has 0 aliphatic carbocycles. The lowest BCUT2D eigenvalue weighted by molar-refractivity contribution is -0.114. The van der Waals surface area contributed by atoms with E-state index in [4.69, 9.17) is 9.47 Å². The first-order valence-electron chi connectivity index (χ1n) is 7.62. The van der Waals surface area contributed by atoms with Gasteiger partial charge in [-0.2, -0.15) is 0 Å². The Balaban J connectivity index is 1.60. The summed E-state index contributed by atoms with van der Waals surface area (Å²) in [6.45, 7) is 5.33. The Morgan fingerprint density at radius 2 is 1.83 bits per heavy atom. The third-order valence-corrected chi connectivity index (χ3v) is 3.66. The van der Waals surface area contributed by atoms with Gasteiger partial charge in [0.05, 0.1) is 6.54 Å². The molecule has 1 amide bonds. The van der Waals surface area contributed by atoms with E-state index in [-0.39, 0.29) is 12.5 Å². The first-order chi connectivity index (χ1) is 11.1. The zero-order valence-electron chi connectivity index (χ0n) is 13.3. The van der Waals surface area contributed by atoms with Crippen molar-refractivity contribution in [3.05, 3.63) is 47.5 Å². The van der Waals surface area contributed by atoms with Gasteiger partial charge in [0.25, 0.3) is 0 Å². The van der Waals surface area contributed by atoms with Crippen LogP contribution in [0.3, 0.4) is 0 Å². The topological polar surface area (TPSA) is 59.6 Å². The molecule has 0 saturated heterocycles. The van der Waals surface area contributed by atoms with E-state index in [0.29, 0.717) is 30.4 Å². The van der Waals surface area contributed by atoms with Crippen molar-refractivity contribution in [2.24, 2.45) is 0 Å². The van der Waals surface area contributed by atoms with Crippen molar-refractivity contribution in [1.29, 1.82) is 0 Å². The zero-order valence-corrected chi connectivity index (χ0v) is 13.3. The highest BCUT2D eigenvalue weighted by atomic mass is 16.6. The van der Waals surface area contributed by atoms with E-state index in [1.54, 1.807) is 6.07 Å². The molecule has 120 valence electrons. The fraction of sp³-hybridized carbons (Fsp3) is 0.278. The fourth-order valence-electron chi connectivity index (χ4n) is 2.43. The number of carbonyl (C=O) groups is 1. The third kappa shape index (κ3) is 3.74. The Kier molecular flexibility index (Phi) is 4.37. The molecule has 1 heterocycles. The molecule has 0 atom stereocenters. The summed E-state index contributed by atoms with van der Waals surface area (Å²) in [7, 11) is 0. The number of nitrogens with one attached hydrogen (secondary N) is 2. The monoisotopic (exact) mass is 312 g/mol. The molecule has 5 heteroatoms. The standard InChI is InChI=1S/C18H20N2O3/c1-12-3-4-13(2)15(9-12)19-11-18(21)20-14-5-6-16-17(10-14)23-8-7-22-16/h3-6,9-10,19H,7-8,11H2,1-2H3,(H,20,21). The van der Waals surface area contributed by atoms with E-state index in [9.17, 15) is 4.79 Å². The molecule has 2 N–H and O–H groups in total. The van der Waals surface area contributed by atoms with Crippen LogP contribution in [0, 0.1) is 13.8 Å². The van der Waals surface area contributed by atoms with E-state index in [1.165, 1.54) is 0 Å². The number of aryl methyl sites for hydroxylation is 2. The third-order valence-electron chi connectivity index (χ3n) is 3.66. The number of rotatable bonds is 4. The maximum atomic E-state index is 12.1. The zero-order chi connectivity index (χ0) is 16.2. The van der Waals surface area contributed by atoms with Crippen LogP contribution in [0.5, 0.6) is 11.5 Å². The molecule has 2 aromatic rings. The number of hydrogen-bond acceptors (Lipinski definition) is 4. The fourth-order valence-corrected chi connectivity index (χ4v) is 2.43. The van der Waals surface area contributed by atoms with Gasteiger partial charge in [0.15, 0.2) is 11.5 Å². The molecule has 5 nitrogen and oxygen atoms in total. The first kappa shape index (κ1) is 15.2. The number of benzene rings is 2. The van der Waals surface area contributed by atoms with Crippen molar-refractivity contribution in [3.63, 3.8) is 0 Å². The van der Waals surface area contributed by atoms with E-state index < -0.39 is 0 Å². The minimum atomic E-state index is -0.109. The Morgan fingerprint density at radius 3 is 2.65 bits per heavy atom. The van der Waals surface area contributed by atoms with Crippen molar-refractivity contribution in [2.75, 3.05) is 30.4 Å². The lowest BCUT2D eigenvalue weighted by atomic mass is 10.1. The average Bonchev–Trinajstić information content (AvgIpc) is 2.55. The van der Waals surface area contributed by atoms with Gasteiger partial charge in [0.1, 0.15) is 13.2 Å². The van der Waals surface area contributed by atoms with Crippen LogP contribution >= 0.6 is 0 Å². The van der Waals surface area contributed by atoms with Crippen LogP contribution < -0.4 is 20.1 Å². The predicted molar refractivity (Wildman–Crippen MR) is 90.5 cm³/mol. The summed E-state index contributed by atoms with van der Waals surface area (Å²) in [4.78, 5) is 12.1. The van der Waals surface area contributed by atoms with Gasteiger partial charge in [0.2, 0.25) is 5.91 Å². The molecular formula is C18H20N2O3. The Hall–Kier alpha value is -2.69. The minimum absolute atomic E-state index is 0.109. The average molecular weight is 312 g/mol. The molecule has 0 unspecified atom stereocenters. The van der Waals surface area contributed by atoms with Gasteiger partial charge in [-0.15, -0.1) is 0 Å². The van der Waals surface area contributed by atoms with Gasteiger partial charge in [-0.1, -0.05) is 12.1 Å². The van der Waals surface area contributed by atoms with E-state index in [0.717, 1.165) is 16.8 Å². The van der Waals surface area contributed by atoms with Crippen molar-refractivity contribution < 1.29 is 14.3 Å². The van der Waals surface area contributed by atoms with Crippen LogP contribution in [0.25, 0.3) is 0 Å². The maximum absolute atomic E-state index is 12.1. The minimum Gasteiger partial charge on any atom is -0.486 e. The van der Waals surface area contributed by atoms with Gasteiger partial charge in [-0.25, -0.2) is 0 Å². The van der Waals surface area contributed by atoms with Gasteiger partial charge in [-0.05, 0) is 43.2 Å². The van der Waals surface area contributed by atoms with Crippen molar-refractivity contribution in [3.8, 4) is 11.5 Å². The number of carbonyl (C=O) groups excluding carboxylic acids is 1. The summed E-state index contributed by atoms with van der Waals surface area (Å²) in [5.41, 5.74) is 3.94. The number of anilines is 2. The molecule has 1 aliphatic rings. The largest absolute Gasteiger partial charge is 0.486 e. The number of fused-ring (bicyclic) bond motifs is 1. The first-order valence-corrected chi connectivity index (χ1v) is 7.62. The molecule has 1 aliphatic heterocycles. The molecular weight excluding hydrogens is 292 g/mol.